The van der Waals surface area contributed by atoms with E-state index in [0.29, 0.717) is 5.76 Å². The van der Waals surface area contributed by atoms with E-state index in [2.05, 4.69) is 0 Å². The third kappa shape index (κ3) is 4.03. The van der Waals surface area contributed by atoms with Gasteiger partial charge in [0.1, 0.15) is 17.3 Å². The molecule has 0 N–H and O–H groups in total. The van der Waals surface area contributed by atoms with Crippen molar-refractivity contribution in [1.29, 1.82) is 0 Å². The summed E-state index contributed by atoms with van der Waals surface area (Å²) in [7, 11) is -3.76. The Morgan fingerprint density at radius 2 is 1.88 bits per heavy atom. The Bertz CT molecular complexity index is 928. The number of aryl methyl sites for hydroxylation is 1. The average molecular weight is 378 g/mol. The topological polar surface area (TPSA) is 70.8 Å². The largest absolute Gasteiger partial charge is 0.462 e. The predicted octanol–water partition coefficient (Wildman–Crippen LogP) is 2.27. The SMILES string of the molecule is Cc1ccc(/C=C/C(=O)N2CCN(S(=O)(=O)c3cccc(F)c3)CC2)o1. The third-order valence-electron chi connectivity index (χ3n) is 4.14. The van der Waals surface area contributed by atoms with E-state index in [0.717, 1.165) is 11.8 Å². The molecule has 0 aliphatic carbocycles. The maximum atomic E-state index is 13.3. The summed E-state index contributed by atoms with van der Waals surface area (Å²) in [5, 5.41) is 0. The number of hydrogen-bond donors (Lipinski definition) is 0. The van der Waals surface area contributed by atoms with Crippen LogP contribution < -0.4 is 0 Å². The van der Waals surface area contributed by atoms with Crippen LogP contribution in [-0.2, 0) is 14.8 Å². The molecule has 0 radical (unpaired) electrons. The lowest BCUT2D eigenvalue weighted by Gasteiger charge is -2.33. The van der Waals surface area contributed by atoms with E-state index in [1.807, 2.05) is 6.92 Å². The molecule has 2 aromatic rings. The highest BCUT2D eigenvalue weighted by Crippen LogP contribution is 2.18. The summed E-state index contributed by atoms with van der Waals surface area (Å²) in [4.78, 5) is 13.7. The number of piperazine rings is 1. The number of rotatable bonds is 4. The molecule has 1 aromatic carbocycles. The van der Waals surface area contributed by atoms with Gasteiger partial charge in [-0.15, -0.1) is 0 Å². The first-order chi connectivity index (χ1) is 12.4. The molecular formula is C18H19FN2O4S. The second kappa shape index (κ2) is 7.43. The average Bonchev–Trinajstić information content (AvgIpc) is 3.05. The van der Waals surface area contributed by atoms with Crippen LogP contribution in [-0.4, -0.2) is 49.7 Å². The molecule has 1 aliphatic rings. The van der Waals surface area contributed by atoms with Gasteiger partial charge in [-0.2, -0.15) is 4.31 Å². The highest BCUT2D eigenvalue weighted by molar-refractivity contribution is 7.89. The Kier molecular flexibility index (Phi) is 5.24. The Balaban J connectivity index is 1.61. The van der Waals surface area contributed by atoms with Crippen molar-refractivity contribution in [2.24, 2.45) is 0 Å². The maximum absolute atomic E-state index is 13.3. The van der Waals surface area contributed by atoms with Crippen LogP contribution in [0.1, 0.15) is 11.5 Å². The highest BCUT2D eigenvalue weighted by Gasteiger charge is 2.29. The van der Waals surface area contributed by atoms with Gasteiger partial charge in [0.2, 0.25) is 15.9 Å². The first-order valence-electron chi connectivity index (χ1n) is 8.15. The number of furan rings is 1. The van der Waals surface area contributed by atoms with Crippen LogP contribution in [0.15, 0.2) is 51.8 Å². The fourth-order valence-corrected chi connectivity index (χ4v) is 4.18. The Morgan fingerprint density at radius 1 is 1.15 bits per heavy atom. The third-order valence-corrected chi connectivity index (χ3v) is 6.03. The van der Waals surface area contributed by atoms with Crippen molar-refractivity contribution in [3.63, 3.8) is 0 Å². The van der Waals surface area contributed by atoms with Crippen molar-refractivity contribution >= 4 is 22.0 Å². The van der Waals surface area contributed by atoms with Gasteiger partial charge >= 0.3 is 0 Å². The minimum atomic E-state index is -3.76. The van der Waals surface area contributed by atoms with Crippen molar-refractivity contribution < 1.29 is 22.0 Å². The Morgan fingerprint density at radius 3 is 2.50 bits per heavy atom. The number of carbonyl (C=O) groups excluding carboxylic acids is 1. The van der Waals surface area contributed by atoms with Gasteiger partial charge in [-0.25, -0.2) is 12.8 Å². The van der Waals surface area contributed by atoms with E-state index in [1.54, 1.807) is 23.1 Å². The van der Waals surface area contributed by atoms with E-state index in [-0.39, 0.29) is 37.0 Å². The lowest BCUT2D eigenvalue weighted by Crippen LogP contribution is -2.50. The first kappa shape index (κ1) is 18.3. The summed E-state index contributed by atoms with van der Waals surface area (Å²) in [6.07, 6.45) is 3.00. The molecule has 8 heteroatoms. The number of sulfonamides is 1. The van der Waals surface area contributed by atoms with Gasteiger partial charge in [0.25, 0.3) is 0 Å². The molecule has 0 saturated carbocycles. The van der Waals surface area contributed by atoms with E-state index in [4.69, 9.17) is 4.42 Å². The highest BCUT2D eigenvalue weighted by atomic mass is 32.2. The summed E-state index contributed by atoms with van der Waals surface area (Å²) in [6.45, 7) is 2.69. The summed E-state index contributed by atoms with van der Waals surface area (Å²) >= 11 is 0. The normalized spacial score (nSPS) is 16.3. The minimum Gasteiger partial charge on any atom is -0.462 e. The Hall–Kier alpha value is -2.45. The van der Waals surface area contributed by atoms with Crippen LogP contribution in [0.3, 0.4) is 0 Å². The zero-order valence-corrected chi connectivity index (χ0v) is 15.1. The molecule has 26 heavy (non-hydrogen) atoms. The Labute approximate surface area is 151 Å². The summed E-state index contributed by atoms with van der Waals surface area (Å²) < 4.78 is 45.1. The molecule has 1 aliphatic heterocycles. The van der Waals surface area contributed by atoms with Gasteiger partial charge in [0.15, 0.2) is 0 Å². The number of benzene rings is 1. The van der Waals surface area contributed by atoms with Crippen molar-refractivity contribution in [3.05, 3.63) is 59.8 Å². The molecule has 1 amide bonds. The van der Waals surface area contributed by atoms with Crippen LogP contribution >= 0.6 is 0 Å². The van der Waals surface area contributed by atoms with Crippen molar-refractivity contribution in [2.45, 2.75) is 11.8 Å². The maximum Gasteiger partial charge on any atom is 0.246 e. The second-order valence-corrected chi connectivity index (χ2v) is 7.91. The van der Waals surface area contributed by atoms with Gasteiger partial charge in [-0.1, -0.05) is 6.07 Å². The minimum absolute atomic E-state index is 0.0784. The van der Waals surface area contributed by atoms with Crippen LogP contribution in [0.25, 0.3) is 6.08 Å². The standard InChI is InChI=1S/C18H19FN2O4S/c1-14-5-6-16(25-14)7-8-18(22)20-9-11-21(12-10-20)26(23,24)17-4-2-3-15(19)13-17/h2-8,13H,9-12H2,1H3/b8-7+. The lowest BCUT2D eigenvalue weighted by molar-refractivity contribution is -0.127. The molecular weight excluding hydrogens is 359 g/mol. The van der Waals surface area contributed by atoms with Gasteiger partial charge in [-0.3, -0.25) is 4.79 Å². The number of hydrogen-bond acceptors (Lipinski definition) is 4. The molecule has 1 saturated heterocycles. The van der Waals surface area contributed by atoms with Crippen molar-refractivity contribution in [1.82, 2.24) is 9.21 Å². The van der Waals surface area contributed by atoms with Crippen LogP contribution in [0.5, 0.6) is 0 Å². The molecule has 1 aromatic heterocycles. The fraction of sp³-hybridized carbons (Fsp3) is 0.278. The molecule has 1 fully saturated rings. The van der Waals surface area contributed by atoms with Gasteiger partial charge < -0.3 is 9.32 Å². The smallest absolute Gasteiger partial charge is 0.246 e. The molecule has 0 unspecified atom stereocenters. The van der Waals surface area contributed by atoms with Crippen LogP contribution in [0.2, 0.25) is 0 Å². The zero-order chi connectivity index (χ0) is 18.7. The molecule has 0 bridgehead atoms. The summed E-state index contributed by atoms with van der Waals surface area (Å²) in [6, 6.07) is 8.50. The van der Waals surface area contributed by atoms with Crippen molar-refractivity contribution in [2.75, 3.05) is 26.2 Å². The second-order valence-electron chi connectivity index (χ2n) is 5.97. The monoisotopic (exact) mass is 378 g/mol. The molecule has 0 spiro atoms. The number of carbonyl (C=O) groups is 1. The van der Waals surface area contributed by atoms with Crippen molar-refractivity contribution in [3.8, 4) is 0 Å². The molecule has 138 valence electrons. The number of halogens is 1. The van der Waals surface area contributed by atoms with Crippen LogP contribution in [0, 0.1) is 12.7 Å². The number of amides is 1. The van der Waals surface area contributed by atoms with Gasteiger partial charge in [0.05, 0.1) is 4.90 Å². The lowest BCUT2D eigenvalue weighted by atomic mass is 10.3. The zero-order valence-electron chi connectivity index (χ0n) is 14.3. The molecule has 0 atom stereocenters. The predicted molar refractivity (Wildman–Crippen MR) is 94.2 cm³/mol. The van der Waals surface area contributed by atoms with Gasteiger partial charge in [-0.05, 0) is 43.3 Å². The summed E-state index contributed by atoms with van der Waals surface area (Å²) in [5.74, 6) is 0.538. The number of nitrogens with zero attached hydrogens (tertiary/aromatic N) is 2. The van der Waals surface area contributed by atoms with Crippen LogP contribution in [0.4, 0.5) is 4.39 Å². The quantitative estimate of drug-likeness (QED) is 0.766. The van der Waals surface area contributed by atoms with E-state index in [9.17, 15) is 17.6 Å². The first-order valence-corrected chi connectivity index (χ1v) is 9.59. The van der Waals surface area contributed by atoms with Gasteiger partial charge in [0, 0.05) is 32.3 Å². The molecule has 6 nitrogen and oxygen atoms in total. The van der Waals surface area contributed by atoms with E-state index in [1.165, 1.54) is 28.6 Å². The molecule has 2 heterocycles. The van der Waals surface area contributed by atoms with E-state index < -0.39 is 15.8 Å². The van der Waals surface area contributed by atoms with E-state index >= 15 is 0 Å². The molecule has 3 rings (SSSR count). The summed E-state index contributed by atoms with van der Waals surface area (Å²) in [5.41, 5.74) is 0. The fourth-order valence-electron chi connectivity index (χ4n) is 2.73.